The molecule has 2 aromatic rings. The van der Waals surface area contributed by atoms with Crippen molar-refractivity contribution in [3.8, 4) is 17.4 Å². The fourth-order valence-electron chi connectivity index (χ4n) is 1.94. The van der Waals surface area contributed by atoms with E-state index in [9.17, 15) is 9.59 Å². The zero-order valence-electron chi connectivity index (χ0n) is 14.3. The first kappa shape index (κ1) is 18.7. The summed E-state index contributed by atoms with van der Waals surface area (Å²) in [6.45, 7) is 2.00. The van der Waals surface area contributed by atoms with Gasteiger partial charge in [-0.15, -0.1) is 0 Å². The van der Waals surface area contributed by atoms with E-state index in [-0.39, 0.29) is 12.5 Å². The van der Waals surface area contributed by atoms with Crippen LogP contribution < -0.4 is 20.6 Å². The number of esters is 1. The highest BCUT2D eigenvalue weighted by Gasteiger charge is 2.11. The zero-order valence-corrected chi connectivity index (χ0v) is 14.3. The predicted octanol–water partition coefficient (Wildman–Crippen LogP) is 2.06. The highest BCUT2D eigenvalue weighted by atomic mass is 16.5. The molecule has 0 aliphatic rings. The maximum atomic E-state index is 11.8. The van der Waals surface area contributed by atoms with E-state index in [1.165, 1.54) is 31.7 Å². The van der Waals surface area contributed by atoms with Crippen molar-refractivity contribution >= 4 is 18.2 Å². The summed E-state index contributed by atoms with van der Waals surface area (Å²) in [7, 11) is 1.48. The van der Waals surface area contributed by atoms with Crippen molar-refractivity contribution in [3.63, 3.8) is 0 Å². The molecule has 136 valence electrons. The molecule has 0 bridgehead atoms. The molecule has 1 aromatic carbocycles. The minimum Gasteiger partial charge on any atom is -0.493 e. The molecule has 0 saturated carbocycles. The van der Waals surface area contributed by atoms with Gasteiger partial charge in [0, 0.05) is 12.3 Å². The molecule has 0 fully saturated rings. The van der Waals surface area contributed by atoms with Crippen LogP contribution in [0.4, 0.5) is 4.79 Å². The molecular formula is C17H18N4O5. The SMILES string of the molecule is CCOC(=O)c1ccnc(Oc2ccc(C=NNC(N)=O)cc2OC)c1. The number of carbonyl (C=O) groups is 2. The van der Waals surface area contributed by atoms with Crippen LogP contribution in [0, 0.1) is 0 Å². The number of pyridine rings is 1. The number of urea groups is 1. The van der Waals surface area contributed by atoms with Crippen molar-refractivity contribution in [3.05, 3.63) is 47.7 Å². The largest absolute Gasteiger partial charge is 0.493 e. The van der Waals surface area contributed by atoms with Gasteiger partial charge >= 0.3 is 12.0 Å². The van der Waals surface area contributed by atoms with Crippen LogP contribution in [-0.4, -0.2) is 36.9 Å². The van der Waals surface area contributed by atoms with Gasteiger partial charge in [-0.05, 0) is 36.8 Å². The lowest BCUT2D eigenvalue weighted by Gasteiger charge is -2.11. The maximum absolute atomic E-state index is 11.8. The first-order valence-electron chi connectivity index (χ1n) is 7.61. The number of hydrogen-bond donors (Lipinski definition) is 2. The van der Waals surface area contributed by atoms with Gasteiger partial charge in [-0.1, -0.05) is 0 Å². The third kappa shape index (κ3) is 5.20. The quantitative estimate of drug-likeness (QED) is 0.443. The smallest absolute Gasteiger partial charge is 0.338 e. The van der Waals surface area contributed by atoms with Gasteiger partial charge in [0.15, 0.2) is 11.5 Å². The summed E-state index contributed by atoms with van der Waals surface area (Å²) >= 11 is 0. The van der Waals surface area contributed by atoms with E-state index >= 15 is 0 Å². The van der Waals surface area contributed by atoms with Crippen LogP contribution in [0.3, 0.4) is 0 Å². The Kier molecular flexibility index (Phi) is 6.49. The molecular weight excluding hydrogens is 340 g/mol. The first-order chi connectivity index (χ1) is 12.5. The molecule has 26 heavy (non-hydrogen) atoms. The van der Waals surface area contributed by atoms with Crippen molar-refractivity contribution in [1.29, 1.82) is 0 Å². The first-order valence-corrected chi connectivity index (χ1v) is 7.61. The standard InChI is InChI=1S/C17H18N4O5/c1-3-25-16(22)12-6-7-19-15(9-12)26-13-5-4-11(8-14(13)24-2)10-20-21-17(18)23/h4-10H,3H2,1-2H3,(H3,18,21,23). The van der Waals surface area contributed by atoms with Crippen LogP contribution in [-0.2, 0) is 4.74 Å². The van der Waals surface area contributed by atoms with Crippen molar-refractivity contribution in [2.75, 3.05) is 13.7 Å². The summed E-state index contributed by atoms with van der Waals surface area (Å²) in [5, 5.41) is 3.67. The van der Waals surface area contributed by atoms with Gasteiger partial charge in [0.25, 0.3) is 0 Å². The summed E-state index contributed by atoms with van der Waals surface area (Å²) in [6, 6.07) is 7.23. The molecule has 0 spiro atoms. The van der Waals surface area contributed by atoms with E-state index in [2.05, 4.69) is 15.5 Å². The number of primary amides is 1. The molecule has 0 aliphatic heterocycles. The summed E-state index contributed by atoms with van der Waals surface area (Å²) in [5.74, 6) is 0.559. The molecule has 1 heterocycles. The normalized spacial score (nSPS) is 10.4. The van der Waals surface area contributed by atoms with E-state index in [0.29, 0.717) is 22.6 Å². The highest BCUT2D eigenvalue weighted by Crippen LogP contribution is 2.31. The number of nitrogens with zero attached hydrogens (tertiary/aromatic N) is 2. The lowest BCUT2D eigenvalue weighted by molar-refractivity contribution is 0.0525. The van der Waals surface area contributed by atoms with Crippen LogP contribution in [0.2, 0.25) is 0 Å². The van der Waals surface area contributed by atoms with Crippen molar-refractivity contribution in [2.45, 2.75) is 6.92 Å². The fraction of sp³-hybridized carbons (Fsp3) is 0.176. The Bertz CT molecular complexity index is 823. The molecule has 3 N–H and O–H groups in total. The minimum atomic E-state index is -0.763. The van der Waals surface area contributed by atoms with E-state index in [0.717, 1.165) is 0 Å². The summed E-state index contributed by atoms with van der Waals surface area (Å²) in [5.41, 5.74) is 8.00. The lowest BCUT2D eigenvalue weighted by Crippen LogP contribution is -2.24. The van der Waals surface area contributed by atoms with E-state index < -0.39 is 12.0 Å². The number of ether oxygens (including phenoxy) is 3. The van der Waals surface area contributed by atoms with Crippen molar-refractivity contribution in [2.24, 2.45) is 10.8 Å². The molecule has 0 unspecified atom stereocenters. The Morgan fingerprint density at radius 2 is 2.08 bits per heavy atom. The monoisotopic (exact) mass is 358 g/mol. The Morgan fingerprint density at radius 1 is 1.27 bits per heavy atom. The number of carbonyl (C=O) groups excluding carboxylic acids is 2. The van der Waals surface area contributed by atoms with E-state index in [1.807, 2.05) is 0 Å². The predicted molar refractivity (Wildman–Crippen MR) is 93.6 cm³/mol. The zero-order chi connectivity index (χ0) is 18.9. The second kappa shape index (κ2) is 9.02. The highest BCUT2D eigenvalue weighted by molar-refractivity contribution is 5.89. The van der Waals surface area contributed by atoms with Gasteiger partial charge < -0.3 is 19.9 Å². The number of nitrogens with one attached hydrogen (secondary N) is 1. The average Bonchev–Trinajstić information content (AvgIpc) is 2.63. The Labute approximate surface area is 149 Å². The number of hydrazone groups is 1. The van der Waals surface area contributed by atoms with E-state index in [4.69, 9.17) is 19.9 Å². The van der Waals surface area contributed by atoms with Crippen LogP contribution in [0.5, 0.6) is 17.4 Å². The van der Waals surface area contributed by atoms with Gasteiger partial charge in [0.05, 0.1) is 25.5 Å². The molecule has 0 atom stereocenters. The van der Waals surface area contributed by atoms with Crippen LogP contribution in [0.15, 0.2) is 41.6 Å². The summed E-state index contributed by atoms with van der Waals surface area (Å²) in [6.07, 6.45) is 2.85. The molecule has 2 amide bonds. The second-order valence-corrected chi connectivity index (χ2v) is 4.85. The number of nitrogens with two attached hydrogens (primary N) is 1. The minimum absolute atomic E-state index is 0.214. The summed E-state index contributed by atoms with van der Waals surface area (Å²) in [4.78, 5) is 26.5. The van der Waals surface area contributed by atoms with Gasteiger partial charge in [0.1, 0.15) is 0 Å². The Balaban J connectivity index is 2.19. The van der Waals surface area contributed by atoms with Crippen LogP contribution >= 0.6 is 0 Å². The van der Waals surface area contributed by atoms with Gasteiger partial charge in [0.2, 0.25) is 5.88 Å². The lowest BCUT2D eigenvalue weighted by atomic mass is 10.2. The Morgan fingerprint density at radius 3 is 2.77 bits per heavy atom. The number of methoxy groups -OCH3 is 1. The number of hydrogen-bond acceptors (Lipinski definition) is 7. The van der Waals surface area contributed by atoms with Crippen molar-refractivity contribution in [1.82, 2.24) is 10.4 Å². The number of amides is 2. The number of aromatic nitrogens is 1. The van der Waals surface area contributed by atoms with E-state index in [1.54, 1.807) is 25.1 Å². The third-order valence-corrected chi connectivity index (χ3v) is 3.04. The van der Waals surface area contributed by atoms with Crippen molar-refractivity contribution < 1.29 is 23.8 Å². The number of rotatable bonds is 7. The molecule has 9 heteroatoms. The van der Waals surface area contributed by atoms with Gasteiger partial charge in [-0.25, -0.2) is 20.0 Å². The average molecular weight is 358 g/mol. The van der Waals surface area contributed by atoms with Gasteiger partial charge in [-0.2, -0.15) is 5.10 Å². The molecule has 1 aromatic heterocycles. The third-order valence-electron chi connectivity index (χ3n) is 3.04. The van der Waals surface area contributed by atoms with Crippen LogP contribution in [0.1, 0.15) is 22.8 Å². The second-order valence-electron chi connectivity index (χ2n) is 4.85. The molecule has 0 saturated heterocycles. The molecule has 0 radical (unpaired) electrons. The summed E-state index contributed by atoms with van der Waals surface area (Å²) < 4.78 is 15.9. The van der Waals surface area contributed by atoms with Crippen LogP contribution in [0.25, 0.3) is 0 Å². The number of benzene rings is 1. The maximum Gasteiger partial charge on any atom is 0.338 e. The topological polar surface area (TPSA) is 125 Å². The molecule has 0 aliphatic carbocycles. The fourth-order valence-corrected chi connectivity index (χ4v) is 1.94. The molecule has 9 nitrogen and oxygen atoms in total. The van der Waals surface area contributed by atoms with Gasteiger partial charge in [-0.3, -0.25) is 0 Å². The Hall–Kier alpha value is -3.62. The molecule has 2 rings (SSSR count).